The lowest BCUT2D eigenvalue weighted by Crippen LogP contribution is -2.18. The Morgan fingerprint density at radius 3 is 2.93 bits per heavy atom. The molecule has 1 heterocycles. The van der Waals surface area contributed by atoms with Crippen molar-refractivity contribution in [3.05, 3.63) is 24.0 Å². The van der Waals surface area contributed by atoms with Crippen molar-refractivity contribution in [2.45, 2.75) is 12.5 Å². The summed E-state index contributed by atoms with van der Waals surface area (Å²) in [7, 11) is 0. The lowest BCUT2D eigenvalue weighted by atomic mass is 10.1. The molecule has 15 heavy (non-hydrogen) atoms. The first kappa shape index (κ1) is 11.4. The van der Waals surface area contributed by atoms with Gasteiger partial charge < -0.3 is 15.3 Å². The van der Waals surface area contributed by atoms with Gasteiger partial charge in [-0.05, 0) is 12.1 Å². The van der Waals surface area contributed by atoms with Crippen LogP contribution in [0.5, 0.6) is 0 Å². The molecule has 0 radical (unpaired) electrons. The van der Waals surface area contributed by atoms with Crippen LogP contribution in [0.2, 0.25) is 0 Å². The minimum absolute atomic E-state index is 0.104. The van der Waals surface area contributed by atoms with Crippen LogP contribution in [0.15, 0.2) is 18.3 Å². The van der Waals surface area contributed by atoms with Crippen molar-refractivity contribution in [2.24, 2.45) is 0 Å². The second-order valence-corrected chi connectivity index (χ2v) is 2.97. The summed E-state index contributed by atoms with van der Waals surface area (Å²) in [5.41, 5.74) is 0.721. The monoisotopic (exact) mass is 212 g/mol. The zero-order valence-electron chi connectivity index (χ0n) is 7.92. The number of hydrogen-bond acceptors (Lipinski definition) is 4. The normalized spacial score (nSPS) is 12.1. The summed E-state index contributed by atoms with van der Waals surface area (Å²) in [6, 6.07) is 3.13. The standard InChI is InChI=1S/C9H12N2O4/c12-5-6(13)4-8-7(11-9(14)15)2-1-3-10-8/h1-3,6,11-13H,4-5H2,(H,14,15)/t6-/m0/s1. The molecular weight excluding hydrogens is 200 g/mol. The third-order valence-electron chi connectivity index (χ3n) is 1.77. The van der Waals surface area contributed by atoms with Gasteiger partial charge in [0.05, 0.1) is 24.1 Å². The predicted octanol–water partition coefficient (Wildman–Crippen LogP) is 0.0672. The van der Waals surface area contributed by atoms with E-state index < -0.39 is 12.2 Å². The lowest BCUT2D eigenvalue weighted by Gasteiger charge is -2.10. The smallest absolute Gasteiger partial charge is 0.409 e. The molecule has 0 aromatic carbocycles. The topological polar surface area (TPSA) is 103 Å². The molecular formula is C9H12N2O4. The van der Waals surface area contributed by atoms with Gasteiger partial charge in [0.15, 0.2) is 0 Å². The maximum Gasteiger partial charge on any atom is 0.409 e. The van der Waals surface area contributed by atoms with Gasteiger partial charge in [0.2, 0.25) is 0 Å². The summed E-state index contributed by atoms with van der Waals surface area (Å²) in [4.78, 5) is 14.3. The zero-order chi connectivity index (χ0) is 11.3. The van der Waals surface area contributed by atoms with Gasteiger partial charge in [-0.2, -0.15) is 0 Å². The molecule has 0 saturated heterocycles. The number of nitrogens with zero attached hydrogens (tertiary/aromatic N) is 1. The number of aliphatic hydroxyl groups is 2. The number of rotatable bonds is 4. The van der Waals surface area contributed by atoms with Crippen LogP contribution >= 0.6 is 0 Å². The fourth-order valence-corrected chi connectivity index (χ4v) is 1.12. The van der Waals surface area contributed by atoms with Crippen LogP contribution in [0.1, 0.15) is 5.69 Å². The number of hydrogen-bond donors (Lipinski definition) is 4. The van der Waals surface area contributed by atoms with Crippen LogP contribution in [0, 0.1) is 0 Å². The van der Waals surface area contributed by atoms with Crippen molar-refractivity contribution in [3.63, 3.8) is 0 Å². The van der Waals surface area contributed by atoms with Gasteiger partial charge in [-0.3, -0.25) is 10.3 Å². The predicted molar refractivity (Wildman–Crippen MR) is 52.7 cm³/mol. The van der Waals surface area contributed by atoms with Gasteiger partial charge in [0, 0.05) is 12.6 Å². The largest absolute Gasteiger partial charge is 0.465 e. The molecule has 82 valence electrons. The first-order valence-electron chi connectivity index (χ1n) is 4.36. The Bertz CT molecular complexity index is 343. The Balaban J connectivity index is 2.81. The van der Waals surface area contributed by atoms with Gasteiger partial charge >= 0.3 is 6.09 Å². The third kappa shape index (κ3) is 3.53. The number of aliphatic hydroxyl groups excluding tert-OH is 2. The van der Waals surface area contributed by atoms with E-state index in [2.05, 4.69) is 10.3 Å². The minimum atomic E-state index is -1.19. The van der Waals surface area contributed by atoms with Crippen LogP contribution in [-0.4, -0.2) is 39.1 Å². The number of carboxylic acid groups (broad SMARTS) is 1. The van der Waals surface area contributed by atoms with Crippen molar-refractivity contribution < 1.29 is 20.1 Å². The van der Waals surface area contributed by atoms with Crippen molar-refractivity contribution in [2.75, 3.05) is 11.9 Å². The highest BCUT2D eigenvalue weighted by molar-refractivity contribution is 5.83. The summed E-state index contributed by atoms with van der Waals surface area (Å²) in [6.07, 6.45) is -0.531. The molecule has 6 heteroatoms. The average Bonchev–Trinajstić information content (AvgIpc) is 2.20. The van der Waals surface area contributed by atoms with E-state index in [1.807, 2.05) is 0 Å². The fraction of sp³-hybridized carbons (Fsp3) is 0.333. The van der Waals surface area contributed by atoms with Crippen LogP contribution < -0.4 is 5.32 Å². The zero-order valence-corrected chi connectivity index (χ0v) is 7.92. The number of anilines is 1. The lowest BCUT2D eigenvalue weighted by molar-refractivity contribution is 0.0948. The third-order valence-corrected chi connectivity index (χ3v) is 1.77. The summed E-state index contributed by atoms with van der Waals surface area (Å²) < 4.78 is 0. The van der Waals surface area contributed by atoms with Gasteiger partial charge in [0.1, 0.15) is 0 Å². The number of aromatic nitrogens is 1. The van der Waals surface area contributed by atoms with E-state index in [9.17, 15) is 9.90 Å². The highest BCUT2D eigenvalue weighted by Gasteiger charge is 2.10. The Kier molecular flexibility index (Phi) is 4.02. The number of carbonyl (C=O) groups is 1. The summed E-state index contributed by atoms with van der Waals surface area (Å²) in [5.74, 6) is 0. The molecule has 0 aliphatic rings. The molecule has 0 aliphatic heterocycles. The van der Waals surface area contributed by atoms with Crippen molar-refractivity contribution in [1.82, 2.24) is 4.98 Å². The van der Waals surface area contributed by atoms with Crippen molar-refractivity contribution >= 4 is 11.8 Å². The Morgan fingerprint density at radius 2 is 2.33 bits per heavy atom. The molecule has 1 aromatic rings. The number of pyridine rings is 1. The molecule has 1 amide bonds. The number of nitrogens with one attached hydrogen (secondary N) is 1. The van der Waals surface area contributed by atoms with Gasteiger partial charge in [-0.1, -0.05) is 0 Å². The van der Waals surface area contributed by atoms with E-state index in [0.717, 1.165) is 0 Å². The number of amides is 1. The van der Waals surface area contributed by atoms with E-state index >= 15 is 0 Å². The Labute approximate surface area is 86.2 Å². The second kappa shape index (κ2) is 5.28. The molecule has 6 nitrogen and oxygen atoms in total. The Hall–Kier alpha value is -1.66. The second-order valence-electron chi connectivity index (χ2n) is 2.97. The van der Waals surface area contributed by atoms with Crippen LogP contribution in [0.4, 0.5) is 10.5 Å². The highest BCUT2D eigenvalue weighted by Crippen LogP contribution is 2.13. The SMILES string of the molecule is O=C(O)Nc1cccnc1C[C@H](O)CO. The fourth-order valence-electron chi connectivity index (χ4n) is 1.12. The van der Waals surface area contributed by atoms with Gasteiger partial charge in [-0.25, -0.2) is 4.79 Å². The molecule has 0 spiro atoms. The van der Waals surface area contributed by atoms with E-state index in [4.69, 9.17) is 10.2 Å². The first-order valence-corrected chi connectivity index (χ1v) is 4.36. The minimum Gasteiger partial charge on any atom is -0.465 e. The molecule has 0 fully saturated rings. The summed E-state index contributed by atoms with van der Waals surface area (Å²) >= 11 is 0. The van der Waals surface area contributed by atoms with Crippen LogP contribution in [0.3, 0.4) is 0 Å². The summed E-state index contributed by atoms with van der Waals surface area (Å²) in [6.45, 7) is -0.386. The molecule has 4 N–H and O–H groups in total. The molecule has 0 unspecified atom stereocenters. The van der Waals surface area contributed by atoms with E-state index in [1.165, 1.54) is 6.20 Å². The molecule has 0 saturated carbocycles. The molecule has 1 atom stereocenters. The van der Waals surface area contributed by atoms with E-state index in [1.54, 1.807) is 12.1 Å². The molecule has 0 bridgehead atoms. The van der Waals surface area contributed by atoms with Gasteiger partial charge in [-0.15, -0.1) is 0 Å². The average molecular weight is 212 g/mol. The molecule has 1 rings (SSSR count). The molecule has 1 aromatic heterocycles. The highest BCUT2D eigenvalue weighted by atomic mass is 16.4. The van der Waals surface area contributed by atoms with E-state index in [-0.39, 0.29) is 13.0 Å². The van der Waals surface area contributed by atoms with E-state index in [0.29, 0.717) is 11.4 Å². The van der Waals surface area contributed by atoms with Crippen LogP contribution in [-0.2, 0) is 6.42 Å². The quantitative estimate of drug-likeness (QED) is 0.565. The maximum absolute atomic E-state index is 10.4. The van der Waals surface area contributed by atoms with Crippen molar-refractivity contribution in [3.8, 4) is 0 Å². The summed E-state index contributed by atoms with van der Waals surface area (Å²) in [5, 5.41) is 28.6. The van der Waals surface area contributed by atoms with Crippen LogP contribution in [0.25, 0.3) is 0 Å². The van der Waals surface area contributed by atoms with Gasteiger partial charge in [0.25, 0.3) is 0 Å². The molecule has 0 aliphatic carbocycles. The Morgan fingerprint density at radius 1 is 1.60 bits per heavy atom. The first-order chi connectivity index (χ1) is 7.13. The maximum atomic E-state index is 10.4. The van der Waals surface area contributed by atoms with Crippen molar-refractivity contribution in [1.29, 1.82) is 0 Å².